The zero-order valence-electron chi connectivity index (χ0n) is 19.0. The highest BCUT2D eigenvalue weighted by molar-refractivity contribution is 5.79. The van der Waals surface area contributed by atoms with Gasteiger partial charge in [0, 0.05) is 5.54 Å². The molecule has 2 atom stereocenters. The molecule has 158 valence electrons. The van der Waals surface area contributed by atoms with E-state index in [1.807, 2.05) is 27.7 Å². The van der Waals surface area contributed by atoms with E-state index in [-0.39, 0.29) is 29.3 Å². The van der Waals surface area contributed by atoms with Crippen LogP contribution in [0, 0.1) is 5.92 Å². The number of carbonyl (C=O) groups excluding carboxylic acids is 2. The number of nitrogens with one attached hydrogen (secondary N) is 3. The van der Waals surface area contributed by atoms with E-state index in [2.05, 4.69) is 62.6 Å². The highest BCUT2D eigenvalue weighted by atomic mass is 16.2. The number of amides is 2. The molecule has 0 fully saturated rings. The van der Waals surface area contributed by atoms with Gasteiger partial charge in [-0.05, 0) is 50.7 Å². The Kier molecular flexibility index (Phi) is 9.15. The molecule has 5 heteroatoms. The van der Waals surface area contributed by atoms with Crippen molar-refractivity contribution in [2.45, 2.75) is 72.9 Å². The van der Waals surface area contributed by atoms with Gasteiger partial charge < -0.3 is 15.5 Å². The Hall–Kier alpha value is -1.88. The summed E-state index contributed by atoms with van der Waals surface area (Å²) in [7, 11) is 0. The summed E-state index contributed by atoms with van der Waals surface area (Å²) in [5, 5.41) is 6.14. The van der Waals surface area contributed by atoms with Gasteiger partial charge >= 0.3 is 0 Å². The number of carbonyl (C=O) groups is 2. The molecule has 5 nitrogen and oxygen atoms in total. The van der Waals surface area contributed by atoms with Gasteiger partial charge in [-0.15, -0.1) is 0 Å². The lowest BCUT2D eigenvalue weighted by Crippen LogP contribution is -3.14. The number of hydrogen-bond acceptors (Lipinski definition) is 2. The maximum atomic E-state index is 12.7. The monoisotopic (exact) mass is 390 g/mol. The lowest BCUT2D eigenvalue weighted by Gasteiger charge is -2.25. The zero-order chi connectivity index (χ0) is 21.5. The molecule has 1 aromatic carbocycles. The van der Waals surface area contributed by atoms with Gasteiger partial charge in [-0.1, -0.05) is 52.0 Å². The van der Waals surface area contributed by atoms with Crippen LogP contribution in [0.15, 0.2) is 24.3 Å². The second kappa shape index (κ2) is 10.6. The summed E-state index contributed by atoms with van der Waals surface area (Å²) in [4.78, 5) is 25.8. The van der Waals surface area contributed by atoms with Crippen LogP contribution < -0.4 is 15.5 Å². The van der Waals surface area contributed by atoms with Crippen molar-refractivity contribution in [1.82, 2.24) is 10.6 Å². The molecule has 0 aliphatic carbocycles. The van der Waals surface area contributed by atoms with Gasteiger partial charge in [-0.25, -0.2) is 0 Å². The molecular formula is C23H40N3O2+. The van der Waals surface area contributed by atoms with Crippen LogP contribution in [0.1, 0.15) is 78.5 Å². The summed E-state index contributed by atoms with van der Waals surface area (Å²) in [6.45, 7) is 17.8. The first kappa shape index (κ1) is 24.2. The van der Waals surface area contributed by atoms with Crippen LogP contribution in [0.4, 0.5) is 0 Å². The maximum absolute atomic E-state index is 12.7. The third kappa shape index (κ3) is 8.42. The Morgan fingerprint density at radius 3 is 1.86 bits per heavy atom. The fourth-order valence-electron chi connectivity index (χ4n) is 3.18. The van der Waals surface area contributed by atoms with E-state index in [4.69, 9.17) is 0 Å². The van der Waals surface area contributed by atoms with Gasteiger partial charge in [0.25, 0.3) is 11.8 Å². The quantitative estimate of drug-likeness (QED) is 0.606. The average molecular weight is 391 g/mol. The van der Waals surface area contributed by atoms with Crippen molar-refractivity contribution in [3.05, 3.63) is 35.4 Å². The van der Waals surface area contributed by atoms with Gasteiger partial charge in [0.2, 0.25) is 0 Å². The maximum Gasteiger partial charge on any atom is 0.275 e. The van der Waals surface area contributed by atoms with E-state index in [9.17, 15) is 9.59 Å². The number of quaternary nitrogens is 1. The molecule has 1 unspecified atom stereocenters. The van der Waals surface area contributed by atoms with Crippen LogP contribution >= 0.6 is 0 Å². The van der Waals surface area contributed by atoms with Crippen molar-refractivity contribution in [2.75, 3.05) is 19.6 Å². The minimum Gasteiger partial charge on any atom is -0.347 e. The fourth-order valence-corrected chi connectivity index (χ4v) is 3.18. The van der Waals surface area contributed by atoms with Crippen molar-refractivity contribution in [1.29, 1.82) is 0 Å². The molecule has 2 amide bonds. The fraction of sp³-hybridized carbons (Fsp3) is 0.652. The van der Waals surface area contributed by atoms with Crippen LogP contribution in [0.3, 0.4) is 0 Å². The highest BCUT2D eigenvalue weighted by Gasteiger charge is 2.23. The molecule has 0 heterocycles. The molecule has 0 saturated heterocycles. The number of rotatable bonds is 9. The topological polar surface area (TPSA) is 62.6 Å². The summed E-state index contributed by atoms with van der Waals surface area (Å²) < 4.78 is 0. The number of hydrogen-bond donors (Lipinski definition) is 3. The number of benzene rings is 1. The molecule has 0 saturated carbocycles. The molecule has 1 aromatic rings. The second-order valence-corrected chi connectivity index (χ2v) is 9.37. The van der Waals surface area contributed by atoms with E-state index in [0.29, 0.717) is 19.0 Å². The summed E-state index contributed by atoms with van der Waals surface area (Å²) in [6.07, 6.45) is 0. The first-order chi connectivity index (χ1) is 12.9. The van der Waals surface area contributed by atoms with Crippen molar-refractivity contribution < 1.29 is 14.5 Å². The van der Waals surface area contributed by atoms with Gasteiger partial charge in [0.15, 0.2) is 13.1 Å². The first-order valence-electron chi connectivity index (χ1n) is 10.5. The van der Waals surface area contributed by atoms with E-state index >= 15 is 0 Å². The summed E-state index contributed by atoms with van der Waals surface area (Å²) >= 11 is 0. The lowest BCUT2D eigenvalue weighted by molar-refractivity contribution is -0.881. The SMILES string of the molecule is CC[NH+](CC(=O)N[C@H](c1ccc(C(C)C)cc1)C(C)C)CC(=O)NC(C)(C)C. The van der Waals surface area contributed by atoms with E-state index in [1.165, 1.54) is 5.56 Å². The second-order valence-electron chi connectivity index (χ2n) is 9.37. The van der Waals surface area contributed by atoms with Crippen molar-refractivity contribution in [2.24, 2.45) is 5.92 Å². The van der Waals surface area contributed by atoms with Crippen molar-refractivity contribution in [3.63, 3.8) is 0 Å². The molecular weight excluding hydrogens is 350 g/mol. The number of likely N-dealkylation sites (N-methyl/N-ethyl adjacent to an activating group) is 1. The molecule has 3 N–H and O–H groups in total. The Morgan fingerprint density at radius 2 is 1.43 bits per heavy atom. The molecule has 0 spiro atoms. The average Bonchev–Trinajstić information content (AvgIpc) is 2.57. The third-order valence-corrected chi connectivity index (χ3v) is 4.78. The normalized spacial score (nSPS) is 14.1. The summed E-state index contributed by atoms with van der Waals surface area (Å²) in [5.41, 5.74) is 2.16. The third-order valence-electron chi connectivity index (χ3n) is 4.78. The predicted molar refractivity (Wildman–Crippen MR) is 115 cm³/mol. The van der Waals surface area contributed by atoms with E-state index < -0.39 is 0 Å². The Bertz CT molecular complexity index is 630. The van der Waals surface area contributed by atoms with Crippen molar-refractivity contribution >= 4 is 11.8 Å². The Morgan fingerprint density at radius 1 is 0.929 bits per heavy atom. The summed E-state index contributed by atoms with van der Waals surface area (Å²) in [5.74, 6) is 0.721. The smallest absolute Gasteiger partial charge is 0.275 e. The van der Waals surface area contributed by atoms with Gasteiger partial charge in [-0.2, -0.15) is 0 Å². The first-order valence-corrected chi connectivity index (χ1v) is 10.5. The van der Waals surface area contributed by atoms with Gasteiger partial charge in [0.1, 0.15) is 0 Å². The van der Waals surface area contributed by atoms with Crippen LogP contribution in [0.25, 0.3) is 0 Å². The molecule has 0 aliphatic rings. The van der Waals surface area contributed by atoms with E-state index in [0.717, 1.165) is 17.0 Å². The zero-order valence-corrected chi connectivity index (χ0v) is 19.0. The van der Waals surface area contributed by atoms with Gasteiger partial charge in [0.05, 0.1) is 12.6 Å². The molecule has 0 bridgehead atoms. The molecule has 0 radical (unpaired) electrons. The predicted octanol–water partition coefficient (Wildman–Crippen LogP) is 2.44. The highest BCUT2D eigenvalue weighted by Crippen LogP contribution is 2.23. The van der Waals surface area contributed by atoms with Gasteiger partial charge in [-0.3, -0.25) is 9.59 Å². The van der Waals surface area contributed by atoms with Crippen LogP contribution in [0.5, 0.6) is 0 Å². The molecule has 0 aliphatic heterocycles. The van der Waals surface area contributed by atoms with Crippen LogP contribution in [-0.2, 0) is 9.59 Å². The van der Waals surface area contributed by atoms with Crippen LogP contribution in [0.2, 0.25) is 0 Å². The Balaban J connectivity index is 2.73. The standard InChI is InChI=1S/C23H39N3O2/c1-9-26(15-21(28)25-23(6,7)8)14-20(27)24-22(17(4)5)19-12-10-18(11-13-19)16(2)3/h10-13,16-17,22H,9,14-15H2,1-8H3,(H,24,27)(H,25,28)/p+1/t22-/m0/s1. The van der Waals surface area contributed by atoms with E-state index in [1.54, 1.807) is 0 Å². The largest absolute Gasteiger partial charge is 0.347 e. The Labute approximate surface area is 171 Å². The van der Waals surface area contributed by atoms with Crippen molar-refractivity contribution in [3.8, 4) is 0 Å². The lowest BCUT2D eigenvalue weighted by atomic mass is 9.93. The molecule has 0 aromatic heterocycles. The molecule has 28 heavy (non-hydrogen) atoms. The minimum atomic E-state index is -0.261. The summed E-state index contributed by atoms with van der Waals surface area (Å²) in [6, 6.07) is 8.47. The molecule has 1 rings (SSSR count). The minimum absolute atomic E-state index is 0.0213. The van der Waals surface area contributed by atoms with Crippen LogP contribution in [-0.4, -0.2) is 37.0 Å².